The summed E-state index contributed by atoms with van der Waals surface area (Å²) >= 11 is 0. The average molecular weight is 401 g/mol. The first-order valence-corrected chi connectivity index (χ1v) is 9.18. The molecule has 2 N–H and O–H groups in total. The SMILES string of the molecule is COC[C@H](C)Nc1ncc2c(-c3ccc4nc(C)n(CC(F)F)c4n3)c[nH]c2n1. The van der Waals surface area contributed by atoms with Gasteiger partial charge in [0.2, 0.25) is 5.95 Å². The number of alkyl halides is 2. The van der Waals surface area contributed by atoms with Gasteiger partial charge in [0, 0.05) is 36.5 Å². The Kier molecular flexibility index (Phi) is 5.10. The summed E-state index contributed by atoms with van der Waals surface area (Å²) in [6.07, 6.45) is 1.02. The molecule has 10 heteroatoms. The minimum atomic E-state index is -2.48. The maximum absolute atomic E-state index is 13.0. The quantitative estimate of drug-likeness (QED) is 0.493. The summed E-state index contributed by atoms with van der Waals surface area (Å²) in [5, 5.41) is 3.96. The summed E-state index contributed by atoms with van der Waals surface area (Å²) in [4.78, 5) is 20.9. The number of pyridine rings is 1. The first kappa shape index (κ1) is 19.2. The number of rotatable bonds is 7. The van der Waals surface area contributed by atoms with E-state index >= 15 is 0 Å². The molecule has 1 atom stereocenters. The molecule has 0 fully saturated rings. The molecule has 0 saturated carbocycles. The van der Waals surface area contributed by atoms with Crippen LogP contribution in [0.2, 0.25) is 0 Å². The molecule has 0 unspecified atom stereocenters. The molecule has 8 nitrogen and oxygen atoms in total. The van der Waals surface area contributed by atoms with Crippen molar-refractivity contribution in [3.8, 4) is 11.3 Å². The normalized spacial score (nSPS) is 12.9. The highest BCUT2D eigenvalue weighted by Gasteiger charge is 2.16. The van der Waals surface area contributed by atoms with E-state index < -0.39 is 13.0 Å². The first-order chi connectivity index (χ1) is 14.0. The molecule has 0 aromatic carbocycles. The third-order valence-electron chi connectivity index (χ3n) is 4.60. The number of H-pyrrole nitrogens is 1. The van der Waals surface area contributed by atoms with Crippen LogP contribution in [0.4, 0.5) is 14.7 Å². The minimum Gasteiger partial charge on any atom is -0.383 e. The number of aromatic nitrogens is 6. The fraction of sp³-hybridized carbons (Fsp3) is 0.368. The lowest BCUT2D eigenvalue weighted by Gasteiger charge is -2.12. The van der Waals surface area contributed by atoms with Crippen LogP contribution in [-0.4, -0.2) is 55.7 Å². The van der Waals surface area contributed by atoms with Crippen LogP contribution in [0.25, 0.3) is 33.5 Å². The Balaban J connectivity index is 1.71. The van der Waals surface area contributed by atoms with Gasteiger partial charge in [0.1, 0.15) is 17.0 Å². The monoisotopic (exact) mass is 401 g/mol. The highest BCUT2D eigenvalue weighted by atomic mass is 19.3. The van der Waals surface area contributed by atoms with Crippen LogP contribution in [0.1, 0.15) is 12.7 Å². The van der Waals surface area contributed by atoms with Crippen LogP contribution in [0.5, 0.6) is 0 Å². The maximum atomic E-state index is 13.0. The molecule has 4 aromatic heterocycles. The zero-order chi connectivity index (χ0) is 20.5. The number of halogens is 2. The maximum Gasteiger partial charge on any atom is 0.256 e. The van der Waals surface area contributed by atoms with Crippen LogP contribution in [0.3, 0.4) is 0 Å². The van der Waals surface area contributed by atoms with Crippen molar-refractivity contribution in [3.05, 3.63) is 30.4 Å². The Morgan fingerprint density at radius 1 is 1.24 bits per heavy atom. The van der Waals surface area contributed by atoms with Crippen molar-refractivity contribution in [2.75, 3.05) is 19.0 Å². The summed E-state index contributed by atoms with van der Waals surface area (Å²) in [5.74, 6) is 0.998. The third-order valence-corrected chi connectivity index (χ3v) is 4.60. The number of nitrogens with zero attached hydrogens (tertiary/aromatic N) is 5. The van der Waals surface area contributed by atoms with Crippen molar-refractivity contribution in [2.45, 2.75) is 32.9 Å². The predicted octanol–water partition coefficient (Wildman–Crippen LogP) is 3.39. The Bertz CT molecular complexity index is 1150. The highest BCUT2D eigenvalue weighted by Crippen LogP contribution is 2.28. The van der Waals surface area contributed by atoms with Crippen LogP contribution in [-0.2, 0) is 11.3 Å². The van der Waals surface area contributed by atoms with Gasteiger partial charge in [0.05, 0.1) is 18.8 Å². The largest absolute Gasteiger partial charge is 0.383 e. The second kappa shape index (κ2) is 7.70. The smallest absolute Gasteiger partial charge is 0.256 e. The standard InChI is InChI=1S/C19H21F2N7O/c1-10(9-29-3)24-19-23-7-13-12(6-22-17(13)27-19)14-4-5-15-18(26-14)28(8-16(20)21)11(2)25-15/h4-7,10,16H,8-9H2,1-3H3,(H2,22,23,24,27)/t10-/m0/s1. The van der Waals surface area contributed by atoms with E-state index in [1.54, 1.807) is 32.5 Å². The van der Waals surface area contributed by atoms with E-state index in [9.17, 15) is 8.78 Å². The molecule has 29 heavy (non-hydrogen) atoms. The minimum absolute atomic E-state index is 0.0642. The first-order valence-electron chi connectivity index (χ1n) is 9.18. The van der Waals surface area contributed by atoms with Gasteiger partial charge in [-0.15, -0.1) is 0 Å². The van der Waals surface area contributed by atoms with Gasteiger partial charge in [-0.05, 0) is 26.0 Å². The molecule has 4 heterocycles. The van der Waals surface area contributed by atoms with Gasteiger partial charge in [0.15, 0.2) is 5.65 Å². The van der Waals surface area contributed by atoms with Gasteiger partial charge in [0.25, 0.3) is 6.43 Å². The third kappa shape index (κ3) is 3.75. The van der Waals surface area contributed by atoms with Crippen LogP contribution < -0.4 is 5.32 Å². The van der Waals surface area contributed by atoms with E-state index in [0.29, 0.717) is 40.9 Å². The lowest BCUT2D eigenvalue weighted by Crippen LogP contribution is -2.22. The molecule has 152 valence electrons. The molecule has 0 aliphatic carbocycles. The zero-order valence-electron chi connectivity index (χ0n) is 16.3. The number of methoxy groups -OCH3 is 1. The molecule has 0 spiro atoms. The fourth-order valence-corrected chi connectivity index (χ4v) is 3.32. The Morgan fingerprint density at radius 2 is 2.07 bits per heavy atom. The zero-order valence-corrected chi connectivity index (χ0v) is 16.3. The number of anilines is 1. The molecular formula is C19H21F2N7O. The van der Waals surface area contributed by atoms with Crippen molar-refractivity contribution in [1.29, 1.82) is 0 Å². The van der Waals surface area contributed by atoms with E-state index in [2.05, 4.69) is 30.2 Å². The number of hydrogen-bond acceptors (Lipinski definition) is 6. The summed E-state index contributed by atoms with van der Waals surface area (Å²) in [5.41, 5.74) is 3.10. The molecule has 0 saturated heterocycles. The summed E-state index contributed by atoms with van der Waals surface area (Å²) in [6.45, 7) is 3.76. The van der Waals surface area contributed by atoms with Crippen molar-refractivity contribution in [1.82, 2.24) is 29.5 Å². The van der Waals surface area contributed by atoms with E-state index in [1.165, 1.54) is 4.57 Å². The Hall–Kier alpha value is -3.14. The van der Waals surface area contributed by atoms with Crippen LogP contribution in [0.15, 0.2) is 24.5 Å². The summed E-state index contributed by atoms with van der Waals surface area (Å²) in [7, 11) is 1.64. The number of ether oxygens (including phenoxy) is 1. The number of nitrogens with one attached hydrogen (secondary N) is 2. The van der Waals surface area contributed by atoms with Crippen LogP contribution >= 0.6 is 0 Å². The Labute approximate surface area is 165 Å². The average Bonchev–Trinajstić information content (AvgIpc) is 3.22. The molecule has 0 radical (unpaired) electrons. The number of hydrogen-bond donors (Lipinski definition) is 2. The van der Waals surface area contributed by atoms with Crippen molar-refractivity contribution >= 4 is 28.1 Å². The topological polar surface area (TPSA) is 93.5 Å². The van der Waals surface area contributed by atoms with Gasteiger partial charge in [-0.1, -0.05) is 0 Å². The molecule has 4 rings (SSSR count). The lowest BCUT2D eigenvalue weighted by atomic mass is 10.1. The van der Waals surface area contributed by atoms with Crippen molar-refractivity contribution < 1.29 is 13.5 Å². The molecule has 0 aliphatic rings. The van der Waals surface area contributed by atoms with Crippen LogP contribution in [0, 0.1) is 6.92 Å². The number of aromatic amines is 1. The molecule has 4 aromatic rings. The summed E-state index contributed by atoms with van der Waals surface area (Å²) in [6, 6.07) is 3.67. The van der Waals surface area contributed by atoms with Crippen molar-refractivity contribution in [2.24, 2.45) is 0 Å². The second-order valence-corrected chi connectivity index (χ2v) is 6.86. The van der Waals surface area contributed by atoms with E-state index in [0.717, 1.165) is 10.9 Å². The molecule has 0 amide bonds. The molecule has 0 aliphatic heterocycles. The Morgan fingerprint density at radius 3 is 2.83 bits per heavy atom. The van der Waals surface area contributed by atoms with Gasteiger partial charge >= 0.3 is 0 Å². The van der Waals surface area contributed by atoms with E-state index in [1.807, 2.05) is 13.0 Å². The number of aryl methyl sites for hydroxylation is 1. The summed E-state index contributed by atoms with van der Waals surface area (Å²) < 4.78 is 32.5. The van der Waals surface area contributed by atoms with Gasteiger partial charge < -0.3 is 19.6 Å². The molecular weight excluding hydrogens is 380 g/mol. The predicted molar refractivity (Wildman–Crippen MR) is 106 cm³/mol. The van der Waals surface area contributed by atoms with E-state index in [-0.39, 0.29) is 6.04 Å². The van der Waals surface area contributed by atoms with Gasteiger partial charge in [-0.3, -0.25) is 0 Å². The molecule has 0 bridgehead atoms. The second-order valence-electron chi connectivity index (χ2n) is 6.86. The number of imidazole rings is 1. The number of fused-ring (bicyclic) bond motifs is 2. The van der Waals surface area contributed by atoms with Crippen molar-refractivity contribution in [3.63, 3.8) is 0 Å². The fourth-order valence-electron chi connectivity index (χ4n) is 3.32. The van der Waals surface area contributed by atoms with E-state index in [4.69, 9.17) is 4.74 Å². The lowest BCUT2D eigenvalue weighted by molar-refractivity contribution is 0.127. The van der Waals surface area contributed by atoms with Gasteiger partial charge in [-0.2, -0.15) is 4.98 Å². The highest BCUT2D eigenvalue weighted by molar-refractivity contribution is 5.93. The van der Waals surface area contributed by atoms with Gasteiger partial charge in [-0.25, -0.2) is 23.7 Å².